The molecule has 5 heteroatoms. The second-order valence-corrected chi connectivity index (χ2v) is 6.00. The molecule has 2 aromatic rings. The van der Waals surface area contributed by atoms with Gasteiger partial charge in [-0.1, -0.05) is 60.7 Å². The van der Waals surface area contributed by atoms with Gasteiger partial charge in [0, 0.05) is 6.04 Å². The van der Waals surface area contributed by atoms with Gasteiger partial charge in [-0.3, -0.25) is 0 Å². The maximum absolute atomic E-state index is 12.0. The first kappa shape index (κ1) is 19.0. The normalized spacial score (nSPS) is 13.0. The zero-order valence-electron chi connectivity index (χ0n) is 14.2. The number of carbonyl (C=O) groups is 1. The summed E-state index contributed by atoms with van der Waals surface area (Å²) in [5, 5.41) is 21.6. The number of carbonyl (C=O) groups excluding carboxylic acids is 1. The highest BCUT2D eigenvalue weighted by atomic mass is 16.5. The van der Waals surface area contributed by atoms with Gasteiger partial charge >= 0.3 is 6.09 Å². The summed E-state index contributed by atoms with van der Waals surface area (Å²) in [6.07, 6.45) is 0.315. The molecule has 0 aromatic heterocycles. The molecule has 2 aromatic carbocycles. The van der Waals surface area contributed by atoms with E-state index in [9.17, 15) is 9.90 Å². The number of hydrogen-bond donors (Lipinski definition) is 3. The van der Waals surface area contributed by atoms with Crippen molar-refractivity contribution in [3.63, 3.8) is 0 Å². The highest BCUT2D eigenvalue weighted by Crippen LogP contribution is 2.10. The van der Waals surface area contributed by atoms with E-state index < -0.39 is 12.2 Å². The first-order chi connectivity index (χ1) is 12.2. The van der Waals surface area contributed by atoms with Gasteiger partial charge in [0.05, 0.1) is 12.7 Å². The Morgan fingerprint density at radius 1 is 1.00 bits per heavy atom. The van der Waals surface area contributed by atoms with Crippen LogP contribution in [-0.2, 0) is 17.8 Å². The predicted octanol–water partition coefficient (Wildman–Crippen LogP) is 2.66. The summed E-state index contributed by atoms with van der Waals surface area (Å²) < 4.78 is 5.23. The minimum Gasteiger partial charge on any atom is -0.445 e. The van der Waals surface area contributed by atoms with Crippen LogP contribution in [0.15, 0.2) is 60.7 Å². The number of ether oxygens (including phenoxy) is 1. The lowest BCUT2D eigenvalue weighted by atomic mass is 10.0. The van der Waals surface area contributed by atoms with Crippen LogP contribution in [0, 0.1) is 0 Å². The molecule has 2 unspecified atom stereocenters. The molecule has 0 aliphatic rings. The van der Waals surface area contributed by atoms with Crippen molar-refractivity contribution in [2.75, 3.05) is 6.61 Å². The molecule has 0 heterocycles. The highest BCUT2D eigenvalue weighted by Gasteiger charge is 2.17. The van der Waals surface area contributed by atoms with Gasteiger partial charge in [0.1, 0.15) is 6.61 Å². The fourth-order valence-corrected chi connectivity index (χ4v) is 2.57. The molecule has 2 atom stereocenters. The van der Waals surface area contributed by atoms with E-state index in [1.165, 1.54) is 0 Å². The number of amides is 1. The molecule has 0 aliphatic heterocycles. The van der Waals surface area contributed by atoms with Gasteiger partial charge in [0.15, 0.2) is 0 Å². The molecule has 5 nitrogen and oxygen atoms in total. The topological polar surface area (TPSA) is 78.8 Å². The Kier molecular flexibility index (Phi) is 7.95. The van der Waals surface area contributed by atoms with Crippen molar-refractivity contribution in [2.45, 2.75) is 38.0 Å². The zero-order chi connectivity index (χ0) is 17.9. The van der Waals surface area contributed by atoms with Gasteiger partial charge in [-0.15, -0.1) is 0 Å². The van der Waals surface area contributed by atoms with Crippen LogP contribution in [0.3, 0.4) is 0 Å². The quantitative estimate of drug-likeness (QED) is 0.654. The molecule has 134 valence electrons. The summed E-state index contributed by atoms with van der Waals surface area (Å²) in [5.41, 5.74) is 2.07. The third kappa shape index (κ3) is 7.37. The smallest absolute Gasteiger partial charge is 0.407 e. The Hall–Kier alpha value is -2.37. The molecular formula is C20H25NO4. The molecule has 0 saturated carbocycles. The fourth-order valence-electron chi connectivity index (χ4n) is 2.57. The summed E-state index contributed by atoms with van der Waals surface area (Å²) in [4.78, 5) is 12.0. The fraction of sp³-hybridized carbons (Fsp3) is 0.350. The van der Waals surface area contributed by atoms with Gasteiger partial charge < -0.3 is 20.3 Å². The first-order valence-electron chi connectivity index (χ1n) is 8.47. The minimum atomic E-state index is -0.866. The van der Waals surface area contributed by atoms with Gasteiger partial charge in [-0.05, 0) is 30.4 Å². The number of hydrogen-bond acceptors (Lipinski definition) is 4. The number of aliphatic hydroxyl groups is 2. The second-order valence-electron chi connectivity index (χ2n) is 6.00. The van der Waals surface area contributed by atoms with Crippen LogP contribution in [-0.4, -0.2) is 35.1 Å². The van der Waals surface area contributed by atoms with Crippen molar-refractivity contribution < 1.29 is 19.7 Å². The van der Waals surface area contributed by atoms with Crippen molar-refractivity contribution in [1.82, 2.24) is 5.32 Å². The Morgan fingerprint density at radius 3 is 2.20 bits per heavy atom. The zero-order valence-corrected chi connectivity index (χ0v) is 14.2. The molecule has 0 fully saturated rings. The molecular weight excluding hydrogens is 318 g/mol. The number of benzene rings is 2. The molecule has 0 radical (unpaired) electrons. The lowest BCUT2D eigenvalue weighted by Gasteiger charge is -2.21. The standard InChI is InChI=1S/C20H25NO4/c22-14-19(23)13-18(12-11-16-7-3-1-4-8-16)21-20(24)25-15-17-9-5-2-6-10-17/h1-10,18-19,22-23H,11-15H2,(H,21,24). The third-order valence-electron chi connectivity index (χ3n) is 3.93. The maximum atomic E-state index is 12.0. The molecule has 0 spiro atoms. The van der Waals surface area contributed by atoms with Gasteiger partial charge in [-0.2, -0.15) is 0 Å². The number of rotatable bonds is 9. The van der Waals surface area contributed by atoms with Crippen molar-refractivity contribution in [3.05, 3.63) is 71.8 Å². The Bertz CT molecular complexity index is 618. The molecule has 1 amide bonds. The Labute approximate surface area is 148 Å². The van der Waals surface area contributed by atoms with Crippen molar-refractivity contribution in [2.24, 2.45) is 0 Å². The molecule has 0 aliphatic carbocycles. The van der Waals surface area contributed by atoms with E-state index in [4.69, 9.17) is 9.84 Å². The molecule has 2 rings (SSSR count). The van der Waals surface area contributed by atoms with Crippen molar-refractivity contribution in [1.29, 1.82) is 0 Å². The van der Waals surface area contributed by atoms with Crippen LogP contribution in [0.25, 0.3) is 0 Å². The highest BCUT2D eigenvalue weighted by molar-refractivity contribution is 5.67. The van der Waals surface area contributed by atoms with Crippen LogP contribution in [0.4, 0.5) is 4.79 Å². The SMILES string of the molecule is O=C(NC(CCc1ccccc1)CC(O)CO)OCc1ccccc1. The number of aryl methyl sites for hydroxylation is 1. The van der Waals surface area contributed by atoms with E-state index in [1.54, 1.807) is 0 Å². The largest absolute Gasteiger partial charge is 0.445 e. The summed E-state index contributed by atoms with van der Waals surface area (Å²) >= 11 is 0. The van der Waals surface area contributed by atoms with E-state index in [0.717, 1.165) is 17.5 Å². The van der Waals surface area contributed by atoms with Gasteiger partial charge in [-0.25, -0.2) is 4.79 Å². The van der Waals surface area contributed by atoms with Crippen LogP contribution < -0.4 is 5.32 Å². The molecule has 0 bridgehead atoms. The van der Waals surface area contributed by atoms with Crippen LogP contribution in [0.5, 0.6) is 0 Å². The van der Waals surface area contributed by atoms with Crippen molar-refractivity contribution in [3.8, 4) is 0 Å². The Morgan fingerprint density at radius 2 is 1.60 bits per heavy atom. The summed E-state index contributed by atoms with van der Waals surface area (Å²) in [5.74, 6) is 0. The average Bonchev–Trinajstić information content (AvgIpc) is 2.66. The third-order valence-corrected chi connectivity index (χ3v) is 3.93. The van der Waals surface area contributed by atoms with Crippen LogP contribution in [0.1, 0.15) is 24.0 Å². The van der Waals surface area contributed by atoms with Crippen LogP contribution >= 0.6 is 0 Å². The first-order valence-corrected chi connectivity index (χ1v) is 8.47. The molecule has 0 saturated heterocycles. The summed E-state index contributed by atoms with van der Waals surface area (Å²) in [6, 6.07) is 19.1. The van der Waals surface area contributed by atoms with Crippen LogP contribution in [0.2, 0.25) is 0 Å². The van der Waals surface area contributed by atoms with E-state index in [1.807, 2.05) is 60.7 Å². The van der Waals surface area contributed by atoms with Crippen molar-refractivity contribution >= 4 is 6.09 Å². The second kappa shape index (κ2) is 10.5. The lowest BCUT2D eigenvalue weighted by Crippen LogP contribution is -2.38. The monoisotopic (exact) mass is 343 g/mol. The maximum Gasteiger partial charge on any atom is 0.407 e. The minimum absolute atomic E-state index is 0.195. The van der Waals surface area contributed by atoms with E-state index in [2.05, 4.69) is 5.32 Å². The van der Waals surface area contributed by atoms with Gasteiger partial charge in [0.2, 0.25) is 0 Å². The average molecular weight is 343 g/mol. The molecule has 25 heavy (non-hydrogen) atoms. The van der Waals surface area contributed by atoms with E-state index in [0.29, 0.717) is 6.42 Å². The number of alkyl carbamates (subject to hydrolysis) is 1. The predicted molar refractivity (Wildman–Crippen MR) is 96.0 cm³/mol. The van der Waals surface area contributed by atoms with E-state index in [-0.39, 0.29) is 25.7 Å². The number of nitrogens with one attached hydrogen (secondary N) is 1. The Balaban J connectivity index is 1.84. The van der Waals surface area contributed by atoms with E-state index >= 15 is 0 Å². The summed E-state index contributed by atoms with van der Waals surface area (Å²) in [7, 11) is 0. The van der Waals surface area contributed by atoms with Gasteiger partial charge in [0.25, 0.3) is 0 Å². The number of aliphatic hydroxyl groups excluding tert-OH is 2. The summed E-state index contributed by atoms with van der Waals surface area (Å²) in [6.45, 7) is -0.136. The molecule has 3 N–H and O–H groups in total. The lowest BCUT2D eigenvalue weighted by molar-refractivity contribution is 0.0753.